The highest BCUT2D eigenvalue weighted by molar-refractivity contribution is 7.15. The number of anilines is 1. The summed E-state index contributed by atoms with van der Waals surface area (Å²) in [6, 6.07) is 0. The second-order valence-electron chi connectivity index (χ2n) is 3.53. The van der Waals surface area contributed by atoms with Crippen LogP contribution in [0.15, 0.2) is 24.1 Å². The molecule has 9 heteroatoms. The highest BCUT2D eigenvalue weighted by Gasteiger charge is 2.23. The zero-order valence-corrected chi connectivity index (χ0v) is 9.85. The molecule has 0 atom stereocenters. The van der Waals surface area contributed by atoms with Crippen molar-refractivity contribution >= 4 is 27.9 Å². The number of thiazole rings is 1. The van der Waals surface area contributed by atoms with Crippen LogP contribution < -0.4 is 5.32 Å². The largest absolute Gasteiger partial charge is 0.372 e. The zero-order chi connectivity index (χ0) is 12.5. The summed E-state index contributed by atoms with van der Waals surface area (Å²) in [4.78, 5) is 22.2. The second kappa shape index (κ2) is 4.11. The zero-order valence-electron chi connectivity index (χ0n) is 9.03. The molecule has 0 saturated carbocycles. The quantitative estimate of drug-likeness (QED) is 0.551. The van der Waals surface area contributed by atoms with Crippen molar-refractivity contribution in [3.63, 3.8) is 0 Å². The lowest BCUT2D eigenvalue weighted by Crippen LogP contribution is -2.03. The van der Waals surface area contributed by atoms with Crippen molar-refractivity contribution in [1.82, 2.24) is 19.4 Å². The topological polar surface area (TPSA) is 101 Å². The molecule has 0 bridgehead atoms. The summed E-state index contributed by atoms with van der Waals surface area (Å²) in [5, 5.41) is 15.7. The molecular formula is C9H8N6O2S. The van der Waals surface area contributed by atoms with Gasteiger partial charge < -0.3 is 20.4 Å². The first-order valence-corrected chi connectivity index (χ1v) is 5.95. The molecule has 2 N–H and O–H groups in total. The van der Waals surface area contributed by atoms with Gasteiger partial charge in [0.1, 0.15) is 6.20 Å². The Bertz CT molecular complexity index is 685. The van der Waals surface area contributed by atoms with E-state index in [0.717, 1.165) is 5.69 Å². The maximum atomic E-state index is 11.0. The van der Waals surface area contributed by atoms with Crippen LogP contribution in [0, 0.1) is 10.1 Å². The third-order valence-corrected chi connectivity index (χ3v) is 3.17. The van der Waals surface area contributed by atoms with Gasteiger partial charge >= 0.3 is 5.82 Å². The Labute approximate surface area is 104 Å². The van der Waals surface area contributed by atoms with Crippen LogP contribution in [0.25, 0.3) is 4.96 Å². The van der Waals surface area contributed by atoms with E-state index in [4.69, 9.17) is 0 Å². The third-order valence-electron chi connectivity index (χ3n) is 2.41. The number of hydrogen-bond acceptors (Lipinski definition) is 6. The maximum Gasteiger partial charge on any atom is 0.372 e. The number of imidazole rings is 2. The van der Waals surface area contributed by atoms with Gasteiger partial charge in [0.25, 0.3) is 4.96 Å². The van der Waals surface area contributed by atoms with Crippen molar-refractivity contribution in [3.05, 3.63) is 39.9 Å². The summed E-state index contributed by atoms with van der Waals surface area (Å²) >= 11 is 1.35. The van der Waals surface area contributed by atoms with E-state index in [1.807, 2.05) is 0 Å². The summed E-state index contributed by atoms with van der Waals surface area (Å²) < 4.78 is 1.46. The van der Waals surface area contributed by atoms with E-state index in [0.29, 0.717) is 11.5 Å². The lowest BCUT2D eigenvalue weighted by atomic mass is 10.4. The van der Waals surface area contributed by atoms with E-state index in [2.05, 4.69) is 20.3 Å². The second-order valence-corrected chi connectivity index (χ2v) is 4.40. The van der Waals surface area contributed by atoms with Crippen LogP contribution in [0.1, 0.15) is 5.69 Å². The molecule has 0 aliphatic carbocycles. The number of aromatic amines is 1. The molecular weight excluding hydrogens is 256 g/mol. The molecule has 0 aromatic carbocycles. The van der Waals surface area contributed by atoms with Crippen molar-refractivity contribution < 1.29 is 4.92 Å². The predicted octanol–water partition coefficient (Wildman–Crippen LogP) is 1.64. The van der Waals surface area contributed by atoms with Crippen molar-refractivity contribution in [1.29, 1.82) is 0 Å². The number of rotatable bonds is 4. The highest BCUT2D eigenvalue weighted by Crippen LogP contribution is 2.28. The first-order chi connectivity index (χ1) is 8.75. The van der Waals surface area contributed by atoms with Crippen molar-refractivity contribution in [2.75, 3.05) is 5.32 Å². The Kier molecular flexibility index (Phi) is 2.45. The average molecular weight is 264 g/mol. The van der Waals surface area contributed by atoms with Gasteiger partial charge in [-0.15, -0.1) is 0 Å². The van der Waals surface area contributed by atoms with Gasteiger partial charge in [-0.05, 0) is 4.92 Å². The molecule has 18 heavy (non-hydrogen) atoms. The molecule has 92 valence electrons. The first-order valence-electron chi connectivity index (χ1n) is 5.07. The fourth-order valence-electron chi connectivity index (χ4n) is 1.63. The Morgan fingerprint density at radius 1 is 1.61 bits per heavy atom. The van der Waals surface area contributed by atoms with Crippen molar-refractivity contribution in [3.8, 4) is 0 Å². The van der Waals surface area contributed by atoms with Crippen molar-refractivity contribution in [2.45, 2.75) is 6.54 Å². The van der Waals surface area contributed by atoms with Crippen LogP contribution >= 0.6 is 11.3 Å². The minimum absolute atomic E-state index is 0.0502. The summed E-state index contributed by atoms with van der Waals surface area (Å²) in [6.07, 6.45) is 4.83. The summed E-state index contributed by atoms with van der Waals surface area (Å²) in [5.41, 5.74) is 0.834. The minimum atomic E-state index is -0.442. The average Bonchev–Trinajstić information content (AvgIpc) is 3.01. The van der Waals surface area contributed by atoms with E-state index in [1.165, 1.54) is 15.7 Å². The Balaban J connectivity index is 1.93. The van der Waals surface area contributed by atoms with Gasteiger partial charge in [0, 0.05) is 11.6 Å². The molecule has 0 spiro atoms. The fraction of sp³-hybridized carbons (Fsp3) is 0.111. The molecule has 0 aliphatic heterocycles. The lowest BCUT2D eigenvalue weighted by molar-refractivity contribution is -0.389. The maximum absolute atomic E-state index is 11.0. The molecule has 0 saturated heterocycles. The van der Waals surface area contributed by atoms with Crippen LogP contribution in [0.2, 0.25) is 0 Å². The molecule has 3 aromatic rings. The normalized spacial score (nSPS) is 10.9. The van der Waals surface area contributed by atoms with Crippen LogP contribution in [-0.2, 0) is 6.54 Å². The first kappa shape index (κ1) is 10.7. The molecule has 3 heterocycles. The monoisotopic (exact) mass is 264 g/mol. The Morgan fingerprint density at radius 3 is 3.22 bits per heavy atom. The SMILES string of the molecule is O=[N+]([O-])c1c(NCc2cnc[nH]2)nc2sccn12. The standard InChI is InChI=1S/C9H8N6O2S/c16-15(17)8-7(11-4-6-3-10-5-12-6)13-9-14(8)1-2-18-9/h1-3,5,11H,4H2,(H,10,12). The molecule has 3 aromatic heterocycles. The van der Waals surface area contributed by atoms with Gasteiger partial charge in [-0.1, -0.05) is 11.3 Å². The van der Waals surface area contributed by atoms with Gasteiger partial charge in [0.15, 0.2) is 0 Å². The fourth-order valence-corrected chi connectivity index (χ4v) is 2.34. The minimum Gasteiger partial charge on any atom is -0.358 e. The molecule has 0 radical (unpaired) electrons. The summed E-state index contributed by atoms with van der Waals surface area (Å²) in [7, 11) is 0. The highest BCUT2D eigenvalue weighted by atomic mass is 32.1. The van der Waals surface area contributed by atoms with E-state index < -0.39 is 4.92 Å². The number of hydrogen-bond donors (Lipinski definition) is 2. The Morgan fingerprint density at radius 2 is 2.50 bits per heavy atom. The van der Waals surface area contributed by atoms with Gasteiger partial charge in [0.05, 0.1) is 18.6 Å². The molecule has 0 fully saturated rings. The molecule has 8 nitrogen and oxygen atoms in total. The Hall–Kier alpha value is -2.42. The van der Waals surface area contributed by atoms with E-state index >= 15 is 0 Å². The van der Waals surface area contributed by atoms with Crippen LogP contribution in [0.5, 0.6) is 0 Å². The third kappa shape index (κ3) is 1.70. The number of nitrogens with zero attached hydrogens (tertiary/aromatic N) is 4. The number of fused-ring (bicyclic) bond motifs is 1. The summed E-state index contributed by atoms with van der Waals surface area (Å²) in [6.45, 7) is 0.408. The van der Waals surface area contributed by atoms with E-state index in [-0.39, 0.29) is 11.6 Å². The van der Waals surface area contributed by atoms with E-state index in [9.17, 15) is 10.1 Å². The molecule has 0 unspecified atom stereocenters. The van der Waals surface area contributed by atoms with Gasteiger partial charge in [0.2, 0.25) is 5.82 Å². The number of aromatic nitrogens is 4. The molecule has 0 aliphatic rings. The molecule has 3 rings (SSSR count). The summed E-state index contributed by atoms with van der Waals surface area (Å²) in [5.74, 6) is 0.215. The van der Waals surface area contributed by atoms with Crippen LogP contribution in [0.3, 0.4) is 0 Å². The number of nitro groups is 1. The van der Waals surface area contributed by atoms with E-state index in [1.54, 1.807) is 24.1 Å². The van der Waals surface area contributed by atoms with Crippen molar-refractivity contribution in [2.24, 2.45) is 0 Å². The van der Waals surface area contributed by atoms with Gasteiger partial charge in [-0.25, -0.2) is 4.98 Å². The lowest BCUT2D eigenvalue weighted by Gasteiger charge is -2.00. The van der Waals surface area contributed by atoms with Crippen LogP contribution in [0.4, 0.5) is 11.6 Å². The van der Waals surface area contributed by atoms with Gasteiger partial charge in [-0.3, -0.25) is 0 Å². The number of H-pyrrole nitrogens is 1. The molecule has 0 amide bonds. The number of nitrogens with one attached hydrogen (secondary N) is 2. The van der Waals surface area contributed by atoms with Crippen LogP contribution in [-0.4, -0.2) is 24.3 Å². The predicted molar refractivity (Wildman–Crippen MR) is 65.6 cm³/mol. The van der Waals surface area contributed by atoms with Gasteiger partial charge in [-0.2, -0.15) is 9.38 Å². The smallest absolute Gasteiger partial charge is 0.358 e.